The van der Waals surface area contributed by atoms with Crippen molar-refractivity contribution < 1.29 is 33.2 Å². The van der Waals surface area contributed by atoms with Crippen molar-refractivity contribution in [3.63, 3.8) is 0 Å². The summed E-state index contributed by atoms with van der Waals surface area (Å²) in [7, 11) is 0. The summed E-state index contributed by atoms with van der Waals surface area (Å²) in [5, 5.41) is 5.60. The van der Waals surface area contributed by atoms with Crippen LogP contribution in [0.15, 0.2) is 133 Å². The number of hydrogen-bond donors (Lipinski definition) is 1. The molecule has 0 aliphatic carbocycles. The molecule has 2 heterocycles. The van der Waals surface area contributed by atoms with Crippen LogP contribution in [0.1, 0.15) is 54.1 Å². The number of rotatable bonds is 16. The van der Waals surface area contributed by atoms with E-state index >= 15 is 0 Å². The monoisotopic (exact) mass is 736 g/mol. The van der Waals surface area contributed by atoms with Crippen molar-refractivity contribution in [1.82, 2.24) is 10.3 Å². The summed E-state index contributed by atoms with van der Waals surface area (Å²) in [5.74, 6) is 0. The van der Waals surface area contributed by atoms with Gasteiger partial charge in [-0.05, 0) is 43.0 Å². The number of benzene rings is 4. The lowest BCUT2D eigenvalue weighted by Gasteiger charge is -2.48. The van der Waals surface area contributed by atoms with Crippen molar-refractivity contribution in [2.75, 3.05) is 6.61 Å². The number of carbonyl (C=O) groups excluding carboxylic acids is 1. The van der Waals surface area contributed by atoms with Crippen LogP contribution in [0.5, 0.6) is 0 Å². The van der Waals surface area contributed by atoms with Gasteiger partial charge >= 0.3 is 6.09 Å². The Morgan fingerprint density at radius 3 is 1.64 bits per heavy atom. The number of thiazole rings is 1. The summed E-state index contributed by atoms with van der Waals surface area (Å²) in [5.41, 5.74) is 3.30. The van der Waals surface area contributed by atoms with E-state index in [1.807, 2.05) is 147 Å². The quantitative estimate of drug-likeness (QED) is 0.108. The van der Waals surface area contributed by atoms with Crippen molar-refractivity contribution in [3.05, 3.63) is 160 Å². The van der Waals surface area contributed by atoms with Gasteiger partial charge in [-0.2, -0.15) is 0 Å². The Bertz CT molecular complexity index is 1770. The molecule has 10 heteroatoms. The predicted molar refractivity (Wildman–Crippen MR) is 204 cm³/mol. The second-order valence-electron chi connectivity index (χ2n) is 13.9. The van der Waals surface area contributed by atoms with Crippen LogP contribution < -0.4 is 5.32 Å². The average molecular weight is 737 g/mol. The van der Waals surface area contributed by atoms with E-state index < -0.39 is 48.3 Å². The Hall–Kier alpha value is -4.42. The molecule has 1 saturated heterocycles. The van der Waals surface area contributed by atoms with Gasteiger partial charge in [0.2, 0.25) is 0 Å². The Morgan fingerprint density at radius 2 is 1.17 bits per heavy atom. The average Bonchev–Trinajstić information content (AvgIpc) is 3.71. The van der Waals surface area contributed by atoms with Gasteiger partial charge in [0.05, 0.1) is 33.0 Å². The molecule has 1 fully saturated rings. The summed E-state index contributed by atoms with van der Waals surface area (Å²) >= 11 is 1.42. The molecule has 1 amide bonds. The number of alkyl carbamates (subject to hydrolysis) is 1. The van der Waals surface area contributed by atoms with Crippen molar-refractivity contribution in [2.24, 2.45) is 0 Å². The third-order valence-corrected chi connectivity index (χ3v) is 9.50. The standard InChI is InChI=1S/C43H48N2O7S/c1-43(2,3)52-42(46)45-36(41-44-24-25-53-41)38-40(50-29-34-22-14-7-15-23-34)39(49-28-33-20-12-6-13-21-33)37(48-27-32-18-10-5-11-19-32)35(51-38)30-47-26-31-16-8-4-9-17-31/h4-25,35-40H,26-30H2,1-3H3,(H,45,46)/t35-,36+,37+,38+,39+,40+/m1/s1. The molecule has 1 N–H and O–H groups in total. The van der Waals surface area contributed by atoms with Gasteiger partial charge in [0.1, 0.15) is 47.2 Å². The number of carbonyl (C=O) groups is 1. The normalized spacial score (nSPS) is 20.8. The second-order valence-corrected chi connectivity index (χ2v) is 14.8. The molecule has 4 aromatic carbocycles. The van der Waals surface area contributed by atoms with Crippen molar-refractivity contribution in [1.29, 1.82) is 0 Å². The molecular weight excluding hydrogens is 689 g/mol. The third-order valence-electron chi connectivity index (χ3n) is 8.64. The number of amides is 1. The molecule has 53 heavy (non-hydrogen) atoms. The maximum atomic E-state index is 13.5. The van der Waals surface area contributed by atoms with Gasteiger partial charge in [-0.25, -0.2) is 9.78 Å². The van der Waals surface area contributed by atoms with Gasteiger partial charge < -0.3 is 33.7 Å². The summed E-state index contributed by atoms with van der Waals surface area (Å²) in [6.45, 7) is 6.95. The van der Waals surface area contributed by atoms with E-state index in [0.29, 0.717) is 24.8 Å². The Morgan fingerprint density at radius 1 is 0.698 bits per heavy atom. The molecular formula is C43H48N2O7S. The molecule has 6 rings (SSSR count). The van der Waals surface area contributed by atoms with Gasteiger partial charge in [0.15, 0.2) is 0 Å². The Labute approximate surface area is 316 Å². The first kappa shape index (κ1) is 38.3. The van der Waals surface area contributed by atoms with Crippen LogP contribution in [0.25, 0.3) is 0 Å². The highest BCUT2D eigenvalue weighted by Crippen LogP contribution is 2.37. The lowest BCUT2D eigenvalue weighted by Crippen LogP contribution is -2.64. The van der Waals surface area contributed by atoms with Crippen LogP contribution in [0.4, 0.5) is 4.79 Å². The molecule has 278 valence electrons. The molecule has 1 aromatic heterocycles. The fraction of sp³-hybridized carbons (Fsp3) is 0.349. The fourth-order valence-corrected chi connectivity index (χ4v) is 6.92. The zero-order valence-electron chi connectivity index (χ0n) is 30.4. The lowest BCUT2D eigenvalue weighted by atomic mass is 9.90. The van der Waals surface area contributed by atoms with E-state index in [1.54, 1.807) is 6.20 Å². The lowest BCUT2D eigenvalue weighted by molar-refractivity contribution is -0.277. The number of nitrogens with one attached hydrogen (secondary N) is 1. The molecule has 9 nitrogen and oxygen atoms in total. The minimum Gasteiger partial charge on any atom is -0.444 e. The van der Waals surface area contributed by atoms with E-state index in [0.717, 1.165) is 22.3 Å². The maximum absolute atomic E-state index is 13.5. The molecule has 0 spiro atoms. The van der Waals surface area contributed by atoms with Crippen molar-refractivity contribution in [2.45, 2.75) is 89.4 Å². The first-order valence-corrected chi connectivity index (χ1v) is 18.8. The number of ether oxygens (including phenoxy) is 6. The highest BCUT2D eigenvalue weighted by molar-refractivity contribution is 7.09. The smallest absolute Gasteiger partial charge is 0.408 e. The molecule has 5 aromatic rings. The second kappa shape index (κ2) is 19.1. The summed E-state index contributed by atoms with van der Waals surface area (Å²) in [6, 6.07) is 39.2. The van der Waals surface area contributed by atoms with E-state index in [1.165, 1.54) is 11.3 Å². The number of aromatic nitrogens is 1. The van der Waals surface area contributed by atoms with E-state index in [-0.39, 0.29) is 13.2 Å². The molecule has 1 aliphatic heterocycles. The Kier molecular flexibility index (Phi) is 13.8. The molecule has 6 atom stereocenters. The maximum Gasteiger partial charge on any atom is 0.408 e. The molecule has 0 bridgehead atoms. The molecule has 0 saturated carbocycles. The zero-order chi connectivity index (χ0) is 36.9. The topological polar surface area (TPSA) is 97.4 Å². The highest BCUT2D eigenvalue weighted by Gasteiger charge is 2.52. The van der Waals surface area contributed by atoms with Crippen molar-refractivity contribution >= 4 is 17.4 Å². The van der Waals surface area contributed by atoms with E-state index in [2.05, 4.69) is 10.3 Å². The van der Waals surface area contributed by atoms with Crippen molar-refractivity contribution in [3.8, 4) is 0 Å². The van der Waals surface area contributed by atoms with Crippen LogP contribution in [-0.2, 0) is 54.8 Å². The largest absolute Gasteiger partial charge is 0.444 e. The molecule has 0 radical (unpaired) electrons. The predicted octanol–water partition coefficient (Wildman–Crippen LogP) is 8.45. The van der Waals surface area contributed by atoms with Gasteiger partial charge in [0, 0.05) is 11.6 Å². The third kappa shape index (κ3) is 11.5. The molecule has 0 unspecified atom stereocenters. The summed E-state index contributed by atoms with van der Waals surface area (Å²) < 4.78 is 39.7. The Balaban J connectivity index is 1.39. The minimum atomic E-state index is -0.778. The fourth-order valence-electron chi connectivity index (χ4n) is 6.20. The van der Waals surface area contributed by atoms with Crippen LogP contribution in [0, 0.1) is 0 Å². The highest BCUT2D eigenvalue weighted by atomic mass is 32.1. The first-order chi connectivity index (χ1) is 25.8. The minimum absolute atomic E-state index is 0.193. The van der Waals surface area contributed by atoms with Crippen LogP contribution in [0.2, 0.25) is 0 Å². The molecule has 1 aliphatic rings. The van der Waals surface area contributed by atoms with E-state index in [4.69, 9.17) is 28.4 Å². The van der Waals surface area contributed by atoms with E-state index in [9.17, 15) is 4.79 Å². The van der Waals surface area contributed by atoms with Crippen LogP contribution in [0.3, 0.4) is 0 Å². The van der Waals surface area contributed by atoms with Crippen LogP contribution >= 0.6 is 11.3 Å². The van der Waals surface area contributed by atoms with Gasteiger partial charge in [-0.1, -0.05) is 121 Å². The number of nitrogens with zero attached hydrogens (tertiary/aromatic N) is 1. The summed E-state index contributed by atoms with van der Waals surface area (Å²) in [4.78, 5) is 18.1. The van der Waals surface area contributed by atoms with Gasteiger partial charge in [-0.3, -0.25) is 0 Å². The zero-order valence-corrected chi connectivity index (χ0v) is 31.2. The first-order valence-electron chi connectivity index (χ1n) is 17.9. The summed E-state index contributed by atoms with van der Waals surface area (Å²) in [6.07, 6.45) is -2.28. The SMILES string of the molecule is CC(C)(C)OC(=O)N[C@H](c1nccs1)[C@@H]1O[C@H](COCc2ccccc2)[C@H](OCc2ccccc2)[C@H](OCc2ccccc2)[C@H]1OCc1ccccc1. The van der Waals surface area contributed by atoms with Gasteiger partial charge in [0.25, 0.3) is 0 Å². The van der Waals surface area contributed by atoms with Crippen LogP contribution in [-0.4, -0.2) is 53.8 Å². The van der Waals surface area contributed by atoms with Gasteiger partial charge in [-0.15, -0.1) is 11.3 Å². The number of hydrogen-bond acceptors (Lipinski definition) is 9.